The summed E-state index contributed by atoms with van der Waals surface area (Å²) in [5, 5.41) is 9.68. The number of nitrogens with two attached hydrogens (primary N) is 1. The average Bonchev–Trinajstić information content (AvgIpc) is 2.40. The molecule has 1 heterocycles. The quantitative estimate of drug-likeness (QED) is 0.479. The van der Waals surface area contributed by atoms with Gasteiger partial charge < -0.3 is 30.1 Å². The van der Waals surface area contributed by atoms with Crippen LogP contribution in [0.25, 0.3) is 0 Å². The molecule has 0 amide bonds. The number of aliphatic hydroxyl groups is 1. The van der Waals surface area contributed by atoms with Gasteiger partial charge in [0.25, 0.3) is 0 Å². The van der Waals surface area contributed by atoms with Crippen LogP contribution in [0.3, 0.4) is 0 Å². The Morgan fingerprint density at radius 1 is 1.47 bits per heavy atom. The van der Waals surface area contributed by atoms with E-state index in [1.165, 1.54) is 0 Å². The minimum absolute atomic E-state index is 0.0282. The maximum absolute atomic E-state index is 9.68. The number of rotatable bonds is 5. The van der Waals surface area contributed by atoms with Crippen molar-refractivity contribution >= 4 is 18.5 Å². The van der Waals surface area contributed by atoms with Gasteiger partial charge in [-0.15, -0.1) is 0 Å². The SMILES string of the molecule is CC(C)OC[C@H]1O[C@@H](N)[C@@H](O)[C@H]1OP(O)(O)=S. The number of hydrogen-bond acceptors (Lipinski definition) is 6. The van der Waals surface area contributed by atoms with Gasteiger partial charge in [0.1, 0.15) is 24.5 Å². The highest BCUT2D eigenvalue weighted by Crippen LogP contribution is 2.41. The van der Waals surface area contributed by atoms with Crippen molar-refractivity contribution in [3.05, 3.63) is 0 Å². The van der Waals surface area contributed by atoms with E-state index in [2.05, 4.69) is 11.8 Å². The fourth-order valence-electron chi connectivity index (χ4n) is 1.48. The summed E-state index contributed by atoms with van der Waals surface area (Å²) in [7, 11) is 0. The van der Waals surface area contributed by atoms with E-state index in [0.717, 1.165) is 0 Å². The Morgan fingerprint density at radius 2 is 2.06 bits per heavy atom. The van der Waals surface area contributed by atoms with Crippen LogP contribution in [0.5, 0.6) is 0 Å². The van der Waals surface area contributed by atoms with Crippen LogP contribution in [-0.4, -0.2) is 52.1 Å². The molecule has 102 valence electrons. The topological polar surface area (TPSA) is 114 Å². The Balaban J connectivity index is 2.64. The van der Waals surface area contributed by atoms with Crippen molar-refractivity contribution in [3.63, 3.8) is 0 Å². The van der Waals surface area contributed by atoms with E-state index in [-0.39, 0.29) is 12.7 Å². The molecule has 4 atom stereocenters. The molecule has 1 aliphatic rings. The fourth-order valence-corrected chi connectivity index (χ4v) is 2.35. The molecule has 0 bridgehead atoms. The monoisotopic (exact) mass is 287 g/mol. The zero-order valence-corrected chi connectivity index (χ0v) is 11.3. The molecule has 0 saturated carbocycles. The Kier molecular flexibility index (Phi) is 5.45. The van der Waals surface area contributed by atoms with Crippen molar-refractivity contribution in [1.29, 1.82) is 0 Å². The molecule has 9 heteroatoms. The first kappa shape index (κ1) is 15.4. The van der Waals surface area contributed by atoms with Gasteiger partial charge in [-0.3, -0.25) is 4.52 Å². The lowest BCUT2D eigenvalue weighted by Gasteiger charge is -2.23. The first-order valence-electron chi connectivity index (χ1n) is 5.15. The molecule has 7 nitrogen and oxygen atoms in total. The Morgan fingerprint density at radius 3 is 2.53 bits per heavy atom. The third-order valence-electron chi connectivity index (χ3n) is 2.22. The fraction of sp³-hybridized carbons (Fsp3) is 1.00. The van der Waals surface area contributed by atoms with E-state index < -0.39 is 31.3 Å². The summed E-state index contributed by atoms with van der Waals surface area (Å²) < 4.78 is 15.3. The molecular weight excluding hydrogens is 269 g/mol. The van der Waals surface area contributed by atoms with Gasteiger partial charge in [-0.1, -0.05) is 0 Å². The van der Waals surface area contributed by atoms with Crippen molar-refractivity contribution in [2.45, 2.75) is 44.5 Å². The second-order valence-corrected chi connectivity index (χ2v) is 6.69. The molecule has 0 aromatic heterocycles. The Hall–Kier alpha value is 0.370. The van der Waals surface area contributed by atoms with Crippen LogP contribution >= 0.6 is 6.72 Å². The second kappa shape index (κ2) is 6.01. The summed E-state index contributed by atoms with van der Waals surface area (Å²) in [5.74, 6) is 0. The molecule has 0 aliphatic carbocycles. The third-order valence-corrected chi connectivity index (χ3v) is 3.00. The highest BCUT2D eigenvalue weighted by molar-refractivity contribution is 8.06. The van der Waals surface area contributed by atoms with Gasteiger partial charge in [-0.05, 0) is 25.7 Å². The summed E-state index contributed by atoms with van der Waals surface area (Å²) >= 11 is 4.35. The third kappa shape index (κ3) is 4.86. The van der Waals surface area contributed by atoms with Gasteiger partial charge in [0.15, 0.2) is 0 Å². The van der Waals surface area contributed by atoms with Gasteiger partial charge in [-0.25, -0.2) is 0 Å². The van der Waals surface area contributed by atoms with Gasteiger partial charge in [0.05, 0.1) is 12.7 Å². The van der Waals surface area contributed by atoms with Crippen LogP contribution in [-0.2, 0) is 25.8 Å². The lowest BCUT2D eigenvalue weighted by Crippen LogP contribution is -2.39. The molecule has 0 spiro atoms. The number of hydrogen-bond donors (Lipinski definition) is 4. The molecule has 0 unspecified atom stereocenters. The van der Waals surface area contributed by atoms with Crippen LogP contribution in [0.2, 0.25) is 0 Å². The number of ether oxygens (including phenoxy) is 2. The Labute approximate surface area is 105 Å². The molecule has 0 radical (unpaired) electrons. The van der Waals surface area contributed by atoms with Gasteiger partial charge in [0, 0.05) is 0 Å². The van der Waals surface area contributed by atoms with Crippen molar-refractivity contribution in [3.8, 4) is 0 Å². The van der Waals surface area contributed by atoms with Crippen LogP contribution in [0, 0.1) is 0 Å². The predicted octanol–water partition coefficient (Wildman–Crippen LogP) is -0.950. The average molecular weight is 287 g/mol. The smallest absolute Gasteiger partial charge is 0.322 e. The predicted molar refractivity (Wildman–Crippen MR) is 63.5 cm³/mol. The maximum atomic E-state index is 9.68. The first-order chi connectivity index (χ1) is 7.70. The van der Waals surface area contributed by atoms with Gasteiger partial charge >= 0.3 is 6.72 Å². The standard InChI is InChI=1S/C8H18NO6PS/c1-4(2)13-3-5-7(15-16(11,12)17)6(10)8(9)14-5/h4-8,10H,3,9H2,1-2H3,(H2,11,12,17)/t5-,6+,7+,8-/m1/s1. The number of aliphatic hydroxyl groups excluding tert-OH is 1. The molecule has 5 N–H and O–H groups in total. The van der Waals surface area contributed by atoms with Crippen LogP contribution in [0.15, 0.2) is 0 Å². The van der Waals surface area contributed by atoms with E-state index in [1.54, 1.807) is 0 Å². The summed E-state index contributed by atoms with van der Waals surface area (Å²) in [5.41, 5.74) is 5.49. The zero-order valence-electron chi connectivity index (χ0n) is 9.59. The summed E-state index contributed by atoms with van der Waals surface area (Å²) in [6, 6.07) is 0. The summed E-state index contributed by atoms with van der Waals surface area (Å²) in [6.07, 6.45) is -3.83. The van der Waals surface area contributed by atoms with Crippen LogP contribution in [0.1, 0.15) is 13.8 Å². The van der Waals surface area contributed by atoms with Crippen LogP contribution < -0.4 is 5.73 Å². The lowest BCUT2D eigenvalue weighted by molar-refractivity contribution is -0.0542. The van der Waals surface area contributed by atoms with Crippen molar-refractivity contribution in [2.24, 2.45) is 5.73 Å². The molecule has 1 aliphatic heterocycles. The first-order valence-corrected chi connectivity index (χ1v) is 7.78. The maximum Gasteiger partial charge on any atom is 0.322 e. The lowest BCUT2D eigenvalue weighted by atomic mass is 10.1. The normalized spacial score (nSPS) is 34.5. The zero-order chi connectivity index (χ0) is 13.2. The molecule has 1 fully saturated rings. The van der Waals surface area contributed by atoms with E-state index in [0.29, 0.717) is 0 Å². The molecule has 0 aromatic carbocycles. The largest absolute Gasteiger partial charge is 0.386 e. The second-order valence-electron chi connectivity index (χ2n) is 4.07. The van der Waals surface area contributed by atoms with E-state index in [9.17, 15) is 5.11 Å². The minimum atomic E-state index is -3.88. The van der Waals surface area contributed by atoms with E-state index in [1.807, 2.05) is 13.8 Å². The van der Waals surface area contributed by atoms with Crippen molar-refractivity contribution < 1.29 is 28.9 Å². The summed E-state index contributed by atoms with van der Waals surface area (Å²) in [4.78, 5) is 18.2. The van der Waals surface area contributed by atoms with Gasteiger partial charge in [-0.2, -0.15) is 0 Å². The molecule has 1 rings (SSSR count). The Bertz CT molecular complexity index is 298. The van der Waals surface area contributed by atoms with Crippen molar-refractivity contribution in [1.82, 2.24) is 0 Å². The molecule has 17 heavy (non-hydrogen) atoms. The molecule has 1 saturated heterocycles. The highest BCUT2D eigenvalue weighted by Gasteiger charge is 2.45. The highest BCUT2D eigenvalue weighted by atomic mass is 32.5. The van der Waals surface area contributed by atoms with Crippen LogP contribution in [0.4, 0.5) is 0 Å². The van der Waals surface area contributed by atoms with Crippen molar-refractivity contribution in [2.75, 3.05) is 6.61 Å². The molecule has 0 aromatic rings. The van der Waals surface area contributed by atoms with E-state index in [4.69, 9.17) is 29.5 Å². The van der Waals surface area contributed by atoms with E-state index >= 15 is 0 Å². The molecular formula is C8H18NO6PS. The minimum Gasteiger partial charge on any atom is -0.386 e. The van der Waals surface area contributed by atoms with Gasteiger partial charge in [0.2, 0.25) is 0 Å². The summed E-state index contributed by atoms with van der Waals surface area (Å²) in [6.45, 7) is -0.0800.